The maximum absolute atomic E-state index is 12.7. The summed E-state index contributed by atoms with van der Waals surface area (Å²) >= 11 is 1.29. The highest BCUT2D eigenvalue weighted by molar-refractivity contribution is 8.18. The van der Waals surface area contributed by atoms with Gasteiger partial charge in [0.05, 0.1) is 23.8 Å². The van der Waals surface area contributed by atoms with Crippen molar-refractivity contribution in [3.05, 3.63) is 63.5 Å². The lowest BCUT2D eigenvalue weighted by atomic mass is 9.95. The van der Waals surface area contributed by atoms with Crippen LogP contribution < -0.4 is 4.74 Å². The summed E-state index contributed by atoms with van der Waals surface area (Å²) in [4.78, 5) is 18.0. The number of thioether (sulfide) groups is 1. The summed E-state index contributed by atoms with van der Waals surface area (Å²) in [6.45, 7) is 8.77. The van der Waals surface area contributed by atoms with Gasteiger partial charge in [-0.15, -0.1) is 0 Å². The van der Waals surface area contributed by atoms with E-state index in [4.69, 9.17) is 9.47 Å². The first kappa shape index (κ1) is 25.2. The number of carbonyl (C=O) groups excluding carboxylic acids is 1. The Labute approximate surface area is 211 Å². The predicted molar refractivity (Wildman–Crippen MR) is 143 cm³/mol. The number of ether oxygens (including phenoxy) is 2. The summed E-state index contributed by atoms with van der Waals surface area (Å²) in [5, 5.41) is 11.5. The molecule has 0 radical (unpaired) electrons. The van der Waals surface area contributed by atoms with E-state index in [1.54, 1.807) is 6.92 Å². The van der Waals surface area contributed by atoms with Crippen molar-refractivity contribution in [1.82, 2.24) is 4.57 Å². The smallest absolute Gasteiger partial charge is 0.344 e. The Morgan fingerprint density at radius 3 is 2.51 bits per heavy atom. The van der Waals surface area contributed by atoms with E-state index in [1.165, 1.54) is 55.3 Å². The van der Waals surface area contributed by atoms with Gasteiger partial charge < -0.3 is 19.1 Å². The molecular formula is C28H34N2O4S. The highest BCUT2D eigenvalue weighted by atomic mass is 32.2. The second kappa shape index (κ2) is 11.2. The number of nitrogens with zero attached hydrogens (tertiary/aromatic N) is 2. The molecule has 1 saturated carbocycles. The molecule has 2 aliphatic rings. The maximum Gasteiger partial charge on any atom is 0.344 e. The number of aryl methyl sites for hydroxylation is 1. The van der Waals surface area contributed by atoms with Gasteiger partial charge in [-0.2, -0.15) is 0 Å². The van der Waals surface area contributed by atoms with Crippen LogP contribution in [0, 0.1) is 13.8 Å². The highest BCUT2D eigenvalue weighted by Gasteiger charge is 2.33. The van der Waals surface area contributed by atoms with Crippen LogP contribution in [0.2, 0.25) is 0 Å². The zero-order chi connectivity index (χ0) is 24.9. The number of aromatic nitrogens is 1. The van der Waals surface area contributed by atoms with Crippen molar-refractivity contribution in [2.24, 2.45) is 4.99 Å². The Morgan fingerprint density at radius 2 is 1.86 bits per heavy atom. The van der Waals surface area contributed by atoms with E-state index >= 15 is 0 Å². The molecule has 1 aromatic heterocycles. The number of aliphatic hydroxyl groups excluding tert-OH is 1. The van der Waals surface area contributed by atoms with Gasteiger partial charge in [0.2, 0.25) is 0 Å². The van der Waals surface area contributed by atoms with Gasteiger partial charge in [-0.05, 0) is 82.5 Å². The molecule has 6 nitrogen and oxygen atoms in total. The largest absolute Gasteiger partial charge is 0.506 e. The van der Waals surface area contributed by atoms with Crippen LogP contribution in [0.25, 0.3) is 6.08 Å². The summed E-state index contributed by atoms with van der Waals surface area (Å²) in [5.74, 6) is 0.104. The van der Waals surface area contributed by atoms with Crippen molar-refractivity contribution in [2.45, 2.75) is 65.8 Å². The van der Waals surface area contributed by atoms with E-state index in [1.807, 2.05) is 37.3 Å². The van der Waals surface area contributed by atoms with Crippen molar-refractivity contribution < 1.29 is 19.4 Å². The van der Waals surface area contributed by atoms with Crippen LogP contribution in [0.15, 0.2) is 51.6 Å². The van der Waals surface area contributed by atoms with E-state index in [2.05, 4.69) is 29.5 Å². The van der Waals surface area contributed by atoms with Gasteiger partial charge in [-0.25, -0.2) is 9.79 Å². The second-order valence-corrected chi connectivity index (χ2v) is 9.92. The molecule has 0 atom stereocenters. The Hall–Kier alpha value is -2.93. The topological polar surface area (TPSA) is 73.0 Å². The third-order valence-electron chi connectivity index (χ3n) is 6.50. The van der Waals surface area contributed by atoms with Crippen LogP contribution in [0.3, 0.4) is 0 Å². The van der Waals surface area contributed by atoms with Gasteiger partial charge in [0, 0.05) is 17.4 Å². The van der Waals surface area contributed by atoms with Crippen molar-refractivity contribution in [1.29, 1.82) is 0 Å². The number of aliphatic hydroxyl groups is 1. The summed E-state index contributed by atoms with van der Waals surface area (Å²) in [5.41, 5.74) is 4.24. The summed E-state index contributed by atoms with van der Waals surface area (Å²) in [6, 6.07) is 10.0. The number of benzene rings is 1. The SMILES string of the molecule is CCOC(=O)C1=C(O)/C(=C\c2cc(C)n(C3CCCCC3)c2C)SC1=Nc1ccc(OCC)cc1. The molecule has 7 heteroatoms. The Kier molecular flexibility index (Phi) is 8.06. The van der Waals surface area contributed by atoms with Gasteiger partial charge in [-0.1, -0.05) is 31.0 Å². The lowest BCUT2D eigenvalue weighted by Crippen LogP contribution is -2.15. The van der Waals surface area contributed by atoms with Gasteiger partial charge in [-0.3, -0.25) is 0 Å². The van der Waals surface area contributed by atoms with E-state index in [-0.39, 0.29) is 17.9 Å². The molecule has 0 amide bonds. The molecule has 1 aromatic carbocycles. The van der Waals surface area contributed by atoms with E-state index in [9.17, 15) is 9.90 Å². The predicted octanol–water partition coefficient (Wildman–Crippen LogP) is 7.20. The minimum atomic E-state index is -0.571. The molecule has 1 N–H and O–H groups in total. The highest BCUT2D eigenvalue weighted by Crippen LogP contribution is 2.41. The molecular weight excluding hydrogens is 460 g/mol. The van der Waals surface area contributed by atoms with Crippen LogP contribution in [-0.2, 0) is 9.53 Å². The van der Waals surface area contributed by atoms with Crippen molar-refractivity contribution in [2.75, 3.05) is 13.2 Å². The normalized spacial score (nSPS) is 19.1. The number of hydrogen-bond donors (Lipinski definition) is 1. The minimum absolute atomic E-state index is 0.0828. The number of hydrogen-bond acceptors (Lipinski definition) is 6. The van der Waals surface area contributed by atoms with Gasteiger partial charge in [0.15, 0.2) is 0 Å². The summed E-state index contributed by atoms with van der Waals surface area (Å²) in [7, 11) is 0. The lowest BCUT2D eigenvalue weighted by molar-refractivity contribution is -0.138. The zero-order valence-electron chi connectivity index (χ0n) is 21.0. The Morgan fingerprint density at radius 1 is 1.14 bits per heavy atom. The number of rotatable bonds is 7. The van der Waals surface area contributed by atoms with Gasteiger partial charge >= 0.3 is 5.97 Å². The first-order valence-electron chi connectivity index (χ1n) is 12.4. The molecule has 4 rings (SSSR count). The van der Waals surface area contributed by atoms with Crippen LogP contribution >= 0.6 is 11.8 Å². The third kappa shape index (κ3) is 5.50. The monoisotopic (exact) mass is 494 g/mol. The first-order chi connectivity index (χ1) is 16.9. The number of aliphatic imine (C=N–C) groups is 1. The van der Waals surface area contributed by atoms with Crippen molar-refractivity contribution in [3.8, 4) is 5.75 Å². The fraction of sp³-hybridized carbons (Fsp3) is 0.429. The van der Waals surface area contributed by atoms with Crippen LogP contribution in [0.4, 0.5) is 5.69 Å². The van der Waals surface area contributed by atoms with Gasteiger partial charge in [0.1, 0.15) is 22.1 Å². The van der Waals surface area contributed by atoms with Gasteiger partial charge in [0.25, 0.3) is 0 Å². The molecule has 186 valence electrons. The fourth-order valence-electron chi connectivity index (χ4n) is 4.88. The average Bonchev–Trinajstić information content (AvgIpc) is 3.30. The van der Waals surface area contributed by atoms with Crippen LogP contribution in [0.5, 0.6) is 5.75 Å². The van der Waals surface area contributed by atoms with Crippen LogP contribution in [0.1, 0.15) is 68.9 Å². The molecule has 1 fully saturated rings. The summed E-state index contributed by atoms with van der Waals surface area (Å²) in [6.07, 6.45) is 8.23. The molecule has 0 saturated heterocycles. The third-order valence-corrected chi connectivity index (χ3v) is 7.52. The minimum Gasteiger partial charge on any atom is -0.506 e. The molecule has 0 bridgehead atoms. The van der Waals surface area contributed by atoms with Crippen LogP contribution in [-0.4, -0.2) is 33.9 Å². The number of esters is 1. The van der Waals surface area contributed by atoms with Crippen molar-refractivity contribution >= 4 is 34.5 Å². The second-order valence-electron chi connectivity index (χ2n) is 8.89. The number of carbonyl (C=O) groups is 1. The van der Waals surface area contributed by atoms with Crippen molar-refractivity contribution in [3.63, 3.8) is 0 Å². The maximum atomic E-state index is 12.7. The van der Waals surface area contributed by atoms with E-state index in [0.29, 0.717) is 28.3 Å². The first-order valence-corrected chi connectivity index (χ1v) is 13.2. The summed E-state index contributed by atoms with van der Waals surface area (Å²) < 4.78 is 13.2. The molecule has 0 unspecified atom stereocenters. The molecule has 0 spiro atoms. The lowest BCUT2D eigenvalue weighted by Gasteiger charge is -2.26. The molecule has 1 aliphatic heterocycles. The fourth-order valence-corrected chi connectivity index (χ4v) is 5.91. The quantitative estimate of drug-likeness (QED) is 0.412. The molecule has 1 aliphatic carbocycles. The molecule has 35 heavy (non-hydrogen) atoms. The standard InChI is InChI=1S/C28H34N2O4S/c1-5-33-23-14-12-21(13-15-23)29-27-25(28(32)34-6-2)26(31)24(35-27)17-20-16-18(3)30(19(20)4)22-10-8-7-9-11-22/h12-17,22,31H,5-11H2,1-4H3/b24-17+,29-27?. The zero-order valence-corrected chi connectivity index (χ0v) is 21.8. The van der Waals surface area contributed by atoms with E-state index in [0.717, 1.165) is 11.3 Å². The molecule has 2 aromatic rings. The van der Waals surface area contributed by atoms with E-state index < -0.39 is 5.97 Å². The average molecular weight is 495 g/mol. The Balaban J connectivity index is 1.69. The Bertz CT molecular complexity index is 1170. The molecule has 2 heterocycles.